The number of aliphatic hydroxyl groups is 3. The van der Waals surface area contributed by atoms with Gasteiger partial charge in [-0.15, -0.1) is 0 Å². The van der Waals surface area contributed by atoms with Crippen molar-refractivity contribution in [3.05, 3.63) is 142 Å². The van der Waals surface area contributed by atoms with E-state index in [-0.39, 0.29) is 60.2 Å². The molecule has 1 fully saturated rings. The Kier molecular flexibility index (Phi) is 15.9. The SMILES string of the molecule is CCCC1C(O)Cc2cc(c[nH]2)C(C)CNCC(O)Cc2ccc3ccc(cc3c2O)NC2=CC(=CCN2)CC2CC3C#CC(c4ccccc4)c4cc(O)c(OC)cc4CCC(=O)C(O)C(=O)C3CC1C2. The van der Waals surface area contributed by atoms with E-state index in [1.54, 1.807) is 12.1 Å². The zero-order valence-corrected chi connectivity index (χ0v) is 41.7. The smallest absolute Gasteiger partial charge is 0.173 e. The molecule has 1 saturated carbocycles. The number of aromatic amines is 1. The lowest BCUT2D eigenvalue weighted by Crippen LogP contribution is -2.40. The van der Waals surface area contributed by atoms with Crippen LogP contribution in [-0.4, -0.2) is 87.1 Å². The van der Waals surface area contributed by atoms with Gasteiger partial charge in [0, 0.05) is 73.7 Å². The van der Waals surface area contributed by atoms with Crippen molar-refractivity contribution in [2.45, 2.75) is 108 Å². The minimum Gasteiger partial charge on any atom is -0.507 e. The first-order valence-corrected chi connectivity index (χ1v) is 26.0. The summed E-state index contributed by atoms with van der Waals surface area (Å²) in [6.45, 7) is 5.77. The number of H-pyrrole nitrogens is 1. The van der Waals surface area contributed by atoms with Gasteiger partial charge in [0.25, 0.3) is 0 Å². The van der Waals surface area contributed by atoms with Crippen LogP contribution in [0.5, 0.6) is 17.2 Å². The predicted octanol–water partition coefficient (Wildman–Crippen LogP) is 8.32. The Morgan fingerprint density at radius 2 is 1.65 bits per heavy atom. The summed E-state index contributed by atoms with van der Waals surface area (Å²) in [6.07, 6.45) is 7.53. The first kappa shape index (κ1) is 50.6. The second-order valence-corrected chi connectivity index (χ2v) is 20.8. The third kappa shape index (κ3) is 11.5. The lowest BCUT2D eigenvalue weighted by molar-refractivity contribution is -0.142. The van der Waals surface area contributed by atoms with Gasteiger partial charge in [-0.25, -0.2) is 0 Å². The van der Waals surface area contributed by atoms with Gasteiger partial charge in [-0.05, 0) is 137 Å². The molecule has 2 aliphatic heterocycles. The predicted molar refractivity (Wildman–Crippen MR) is 281 cm³/mol. The van der Waals surface area contributed by atoms with E-state index in [1.165, 1.54) is 7.11 Å². The number of aromatic hydroxyl groups is 2. The molecule has 9 bridgehead atoms. The molecule has 378 valence electrons. The maximum absolute atomic E-state index is 15.0. The summed E-state index contributed by atoms with van der Waals surface area (Å²) in [5.74, 6) is 5.27. The number of hydrogen-bond donors (Lipinski definition) is 9. The van der Waals surface area contributed by atoms with Crippen LogP contribution in [0.25, 0.3) is 10.8 Å². The molecule has 0 saturated heterocycles. The number of methoxy groups -OCH3 is 1. The van der Waals surface area contributed by atoms with Crippen molar-refractivity contribution in [2.24, 2.45) is 29.6 Å². The molecule has 1 aromatic heterocycles. The maximum Gasteiger partial charge on any atom is 0.173 e. The number of Topliss-reactive ketones (excluding diaryl/α,β-unsaturated/α-hetero) is 2. The summed E-state index contributed by atoms with van der Waals surface area (Å²) in [5.41, 5.74) is 6.92. The van der Waals surface area contributed by atoms with Gasteiger partial charge in [-0.2, -0.15) is 0 Å². The van der Waals surface area contributed by atoms with Crippen LogP contribution in [0.1, 0.15) is 104 Å². The minimum absolute atomic E-state index is 0.00308. The van der Waals surface area contributed by atoms with Crippen molar-refractivity contribution in [2.75, 3.05) is 32.1 Å². The Balaban J connectivity index is 1.14. The molecule has 5 aromatic rings. The fourth-order valence-corrected chi connectivity index (χ4v) is 11.9. The van der Waals surface area contributed by atoms with Crippen LogP contribution < -0.4 is 20.7 Å². The van der Waals surface area contributed by atoms with Gasteiger partial charge in [0.2, 0.25) is 0 Å². The van der Waals surface area contributed by atoms with E-state index in [9.17, 15) is 35.1 Å². The number of ether oxygens (including phenoxy) is 1. The highest BCUT2D eigenvalue weighted by atomic mass is 16.5. The van der Waals surface area contributed by atoms with E-state index in [0.717, 1.165) is 63.3 Å². The van der Waals surface area contributed by atoms with Gasteiger partial charge in [0.15, 0.2) is 29.2 Å². The minimum atomic E-state index is -1.84. The van der Waals surface area contributed by atoms with Crippen LogP contribution in [0.3, 0.4) is 0 Å². The molecule has 2 aliphatic carbocycles. The van der Waals surface area contributed by atoms with E-state index >= 15 is 0 Å². The number of aryl methyl sites for hydroxylation is 1. The van der Waals surface area contributed by atoms with Crippen LogP contribution in [0, 0.1) is 41.4 Å². The van der Waals surface area contributed by atoms with E-state index in [2.05, 4.69) is 64.8 Å². The van der Waals surface area contributed by atoms with Crippen molar-refractivity contribution in [3.8, 4) is 29.1 Å². The fraction of sp³-hybridized carbons (Fsp3) is 0.433. The molecule has 9 N–H and O–H groups in total. The zero-order chi connectivity index (χ0) is 50.5. The number of allylic oxidation sites excluding steroid dienone is 2. The second-order valence-electron chi connectivity index (χ2n) is 20.8. The summed E-state index contributed by atoms with van der Waals surface area (Å²) in [4.78, 5) is 32.4. The Labute approximate surface area is 423 Å². The fourth-order valence-electron chi connectivity index (χ4n) is 11.9. The number of aliphatic hydroxyl groups excluding tert-OH is 3. The van der Waals surface area contributed by atoms with Crippen LogP contribution in [0.4, 0.5) is 5.69 Å². The second kappa shape index (κ2) is 22.6. The number of fused-ring (bicyclic) bond motifs is 9. The van der Waals surface area contributed by atoms with Gasteiger partial charge >= 0.3 is 0 Å². The van der Waals surface area contributed by atoms with Gasteiger partial charge < -0.3 is 51.2 Å². The number of ketones is 2. The number of benzene rings is 4. The number of phenolic OH excluding ortho intramolecular Hbond substituents is 2. The Hall–Kier alpha value is -6.36. The van der Waals surface area contributed by atoms with Crippen LogP contribution >= 0.6 is 0 Å². The largest absolute Gasteiger partial charge is 0.507 e. The van der Waals surface area contributed by atoms with Crippen molar-refractivity contribution in [1.82, 2.24) is 15.6 Å². The first-order valence-electron chi connectivity index (χ1n) is 26.0. The Morgan fingerprint density at radius 3 is 2.46 bits per heavy atom. The number of β-amino-alcohol motifs (C(OH)–C–C–N with tert-alkyl or cyclic N) is 1. The van der Waals surface area contributed by atoms with Gasteiger partial charge in [-0.3, -0.25) is 9.59 Å². The normalized spacial score (nSPS) is 27.6. The Morgan fingerprint density at radius 1 is 0.833 bits per heavy atom. The summed E-state index contributed by atoms with van der Waals surface area (Å²) in [7, 11) is 1.48. The number of nitrogens with one attached hydrogen (secondary N) is 4. The lowest BCUT2D eigenvalue weighted by atomic mass is 9.73. The monoisotopic (exact) mass is 975 g/mol. The summed E-state index contributed by atoms with van der Waals surface area (Å²) in [6, 6.07) is 25.1. The first-order chi connectivity index (χ1) is 34.8. The topological polar surface area (TPSA) is 196 Å². The van der Waals surface area contributed by atoms with Gasteiger partial charge in [0.1, 0.15) is 11.6 Å². The number of phenols is 2. The average molecular weight is 975 g/mol. The molecule has 0 amide bonds. The molecular weight excluding hydrogens is 905 g/mol. The molecule has 4 aliphatic rings. The molecule has 9 rings (SSSR count). The number of aromatic nitrogens is 1. The van der Waals surface area contributed by atoms with Crippen molar-refractivity contribution in [1.29, 1.82) is 0 Å². The number of carbonyl (C=O) groups is 2. The summed E-state index contributed by atoms with van der Waals surface area (Å²) in [5, 5.41) is 70.0. The molecule has 0 spiro atoms. The van der Waals surface area contributed by atoms with Crippen LogP contribution in [-0.2, 0) is 28.9 Å². The van der Waals surface area contributed by atoms with Crippen LogP contribution in [0.2, 0.25) is 0 Å². The number of hydrogen-bond acceptors (Lipinski definition) is 11. The van der Waals surface area contributed by atoms with E-state index < -0.39 is 47.6 Å². The number of rotatable bonds is 4. The molecule has 10 atom stereocenters. The van der Waals surface area contributed by atoms with Crippen LogP contribution in [0.15, 0.2) is 109 Å². The molecule has 72 heavy (non-hydrogen) atoms. The average Bonchev–Trinajstić information content (AvgIpc) is 3.77. The molecule has 4 aromatic carbocycles. The van der Waals surface area contributed by atoms with E-state index in [1.807, 2.05) is 66.9 Å². The van der Waals surface area contributed by atoms with Crippen molar-refractivity contribution >= 4 is 28.0 Å². The molecule has 3 heterocycles. The van der Waals surface area contributed by atoms with Gasteiger partial charge in [-0.1, -0.05) is 86.7 Å². The number of carbonyl (C=O) groups excluding carboxylic acids is 2. The van der Waals surface area contributed by atoms with Crippen molar-refractivity contribution in [3.63, 3.8) is 0 Å². The highest BCUT2D eigenvalue weighted by Gasteiger charge is 2.43. The zero-order valence-electron chi connectivity index (χ0n) is 41.7. The molecule has 0 radical (unpaired) electrons. The highest BCUT2D eigenvalue weighted by molar-refractivity contribution is 6.06. The molecule has 12 nitrogen and oxygen atoms in total. The molecule has 10 unspecified atom stereocenters. The summed E-state index contributed by atoms with van der Waals surface area (Å²) >= 11 is 0. The van der Waals surface area contributed by atoms with Crippen molar-refractivity contribution < 1.29 is 39.9 Å². The molecule has 12 heteroatoms. The van der Waals surface area contributed by atoms with Gasteiger partial charge in [0.05, 0.1) is 25.2 Å². The highest BCUT2D eigenvalue weighted by Crippen LogP contribution is 2.45. The summed E-state index contributed by atoms with van der Waals surface area (Å²) < 4.78 is 5.50. The third-order valence-corrected chi connectivity index (χ3v) is 15.8. The lowest BCUT2D eigenvalue weighted by Gasteiger charge is -2.33. The number of dihydropyridines is 1. The number of anilines is 1. The van der Waals surface area contributed by atoms with E-state index in [0.29, 0.717) is 62.7 Å². The Bertz CT molecular complexity index is 2880. The standard InChI is InChI=1S/C60H70N4O8/c1-4-8-49-43-23-37(22-40-14-17-48(38-9-6-5-7-10-38)50-31-55(68)56(72-3)28-41(50)15-18-53(66)60(71)59(70)51(40)27-43)21-36-19-20-62-57(24-36)64-45-16-13-39-11-12-42(58(69)52(39)29-45)26-47(65)34-61-32-35(2)44-25-46(63-33-44)30-54(49)67/h5-7,9-13,16,19,24-25,28-29,31,33,35,37,40,43,47-49,51,54,60-65,67-69,71H,4,8,15,18,20-23,26-27,30,32,34H2,1-3H3. The quantitative estimate of drug-likeness (QED) is 0.0621. The molecular formula is C60H70N4O8. The van der Waals surface area contributed by atoms with E-state index in [4.69, 9.17) is 4.74 Å². The third-order valence-electron chi connectivity index (χ3n) is 15.8. The maximum atomic E-state index is 15.0.